The van der Waals surface area contributed by atoms with Crippen LogP contribution in [0.4, 0.5) is 5.69 Å². The predicted octanol–water partition coefficient (Wildman–Crippen LogP) is 2.44. The molecule has 0 aliphatic carbocycles. The molecule has 0 radical (unpaired) electrons. The lowest BCUT2D eigenvalue weighted by atomic mass is 9.88. The number of aliphatic imine (C=N–C) groups is 1. The van der Waals surface area contributed by atoms with Crippen molar-refractivity contribution in [3.63, 3.8) is 0 Å². The number of nitrogens with zero attached hydrogens (tertiary/aromatic N) is 3. The van der Waals surface area contributed by atoms with E-state index < -0.39 is 0 Å². The summed E-state index contributed by atoms with van der Waals surface area (Å²) in [5.41, 5.74) is 10.7. The van der Waals surface area contributed by atoms with Crippen LogP contribution in [-0.4, -0.2) is 67.7 Å². The van der Waals surface area contributed by atoms with Crippen LogP contribution in [0.15, 0.2) is 53.5 Å². The van der Waals surface area contributed by atoms with Crippen LogP contribution in [0, 0.1) is 5.92 Å². The first-order valence-corrected chi connectivity index (χ1v) is 11.8. The molecule has 1 spiro atoms. The lowest BCUT2D eigenvalue weighted by Gasteiger charge is -2.52. The van der Waals surface area contributed by atoms with Crippen molar-refractivity contribution in [1.29, 1.82) is 0 Å². The molecular formula is C25H32N6O. The molecule has 168 valence electrons. The van der Waals surface area contributed by atoms with E-state index in [1.807, 2.05) is 0 Å². The Hall–Kier alpha value is -2.61. The molecule has 7 nitrogen and oxygen atoms in total. The molecule has 0 bridgehead atoms. The van der Waals surface area contributed by atoms with Crippen LogP contribution in [0.25, 0.3) is 0 Å². The van der Waals surface area contributed by atoms with E-state index in [2.05, 4.69) is 74.5 Å². The monoisotopic (exact) mass is 432 g/mol. The Morgan fingerprint density at radius 3 is 2.69 bits per heavy atom. The van der Waals surface area contributed by atoms with Gasteiger partial charge in [0.25, 0.3) is 0 Å². The smallest absolute Gasteiger partial charge is 0.134 e. The second kappa shape index (κ2) is 8.06. The Morgan fingerprint density at radius 1 is 1.06 bits per heavy atom. The first-order valence-electron chi connectivity index (χ1n) is 11.8. The van der Waals surface area contributed by atoms with E-state index in [0.717, 1.165) is 57.9 Å². The number of hydrogen-bond donors (Lipinski definition) is 3. The highest BCUT2D eigenvalue weighted by Gasteiger charge is 2.46. The molecule has 2 fully saturated rings. The molecule has 0 saturated carbocycles. The molecule has 6 rings (SSSR count). The highest BCUT2D eigenvalue weighted by Crippen LogP contribution is 2.40. The Balaban J connectivity index is 1.14. The van der Waals surface area contributed by atoms with Crippen LogP contribution in [0.1, 0.15) is 30.0 Å². The van der Waals surface area contributed by atoms with Gasteiger partial charge < -0.3 is 19.9 Å². The predicted molar refractivity (Wildman–Crippen MR) is 127 cm³/mol. The summed E-state index contributed by atoms with van der Waals surface area (Å²) >= 11 is 0. The highest BCUT2D eigenvalue weighted by atomic mass is 16.5. The van der Waals surface area contributed by atoms with Gasteiger partial charge in [0.1, 0.15) is 17.2 Å². The van der Waals surface area contributed by atoms with Gasteiger partial charge in [0, 0.05) is 62.7 Å². The number of hydrazine groups is 1. The molecule has 0 amide bonds. The Bertz CT molecular complexity index is 998. The first-order chi connectivity index (χ1) is 15.8. The standard InChI is InChI=1S/C25H32N6O/c1-32-20-8-6-18(7-9-20)23-19(16-27-29-23)17-30-13-10-25(11-14-30)28-22-5-3-2-4-21(22)24-26-12-15-31(24)25/h2-9,19,23,27-29H,10-17H2,1H3. The molecule has 4 heterocycles. The molecule has 0 aromatic heterocycles. The number of para-hydroxylation sites is 1. The van der Waals surface area contributed by atoms with Crippen LogP contribution in [0.2, 0.25) is 0 Å². The normalized spacial score (nSPS) is 26.4. The first kappa shape index (κ1) is 20.0. The van der Waals surface area contributed by atoms with Crippen molar-refractivity contribution in [1.82, 2.24) is 20.7 Å². The molecule has 2 aromatic rings. The molecule has 2 saturated heterocycles. The molecule has 4 aliphatic heterocycles. The molecule has 2 unspecified atom stereocenters. The van der Waals surface area contributed by atoms with Crippen molar-refractivity contribution in [3.8, 4) is 5.75 Å². The number of hydrogen-bond acceptors (Lipinski definition) is 7. The lowest BCUT2D eigenvalue weighted by molar-refractivity contribution is 0.0835. The quantitative estimate of drug-likeness (QED) is 0.690. The number of benzene rings is 2. The van der Waals surface area contributed by atoms with Crippen molar-refractivity contribution in [3.05, 3.63) is 59.7 Å². The van der Waals surface area contributed by atoms with Crippen molar-refractivity contribution < 1.29 is 4.74 Å². The third-order valence-corrected chi connectivity index (χ3v) is 7.64. The molecule has 4 aliphatic rings. The summed E-state index contributed by atoms with van der Waals surface area (Å²) in [6.45, 7) is 6.22. The largest absolute Gasteiger partial charge is 0.497 e. The number of methoxy groups -OCH3 is 1. The number of likely N-dealkylation sites (tertiary alicyclic amines) is 1. The van der Waals surface area contributed by atoms with E-state index in [0.29, 0.717) is 12.0 Å². The van der Waals surface area contributed by atoms with Gasteiger partial charge >= 0.3 is 0 Å². The van der Waals surface area contributed by atoms with Gasteiger partial charge in [-0.3, -0.25) is 10.4 Å². The van der Waals surface area contributed by atoms with Crippen molar-refractivity contribution in [2.45, 2.75) is 24.5 Å². The summed E-state index contributed by atoms with van der Waals surface area (Å²) in [6, 6.07) is 17.4. The van der Waals surface area contributed by atoms with E-state index in [1.54, 1.807) is 7.11 Å². The minimum absolute atomic E-state index is 0.00173. The Kier molecular flexibility index (Phi) is 5.05. The number of amidine groups is 1. The fourth-order valence-electron chi connectivity index (χ4n) is 5.90. The van der Waals surface area contributed by atoms with Gasteiger partial charge in [-0.05, 0) is 29.8 Å². The topological polar surface area (TPSA) is 64.2 Å². The fourth-order valence-corrected chi connectivity index (χ4v) is 5.90. The van der Waals surface area contributed by atoms with Gasteiger partial charge in [-0.2, -0.15) is 0 Å². The number of fused-ring (bicyclic) bond motifs is 4. The fraction of sp³-hybridized carbons (Fsp3) is 0.480. The summed E-state index contributed by atoms with van der Waals surface area (Å²) in [5.74, 6) is 2.64. The highest BCUT2D eigenvalue weighted by molar-refractivity contribution is 6.06. The van der Waals surface area contributed by atoms with Crippen LogP contribution >= 0.6 is 0 Å². The van der Waals surface area contributed by atoms with Gasteiger partial charge in [0.2, 0.25) is 0 Å². The summed E-state index contributed by atoms with van der Waals surface area (Å²) < 4.78 is 5.32. The molecule has 2 aromatic carbocycles. The number of anilines is 1. The summed E-state index contributed by atoms with van der Waals surface area (Å²) in [4.78, 5) is 10.1. The summed E-state index contributed by atoms with van der Waals surface area (Å²) in [5, 5.41) is 3.93. The zero-order chi connectivity index (χ0) is 21.5. The maximum atomic E-state index is 5.32. The van der Waals surface area contributed by atoms with E-state index >= 15 is 0 Å². The average molecular weight is 433 g/mol. The molecular weight excluding hydrogens is 400 g/mol. The van der Waals surface area contributed by atoms with Crippen LogP contribution < -0.4 is 20.9 Å². The van der Waals surface area contributed by atoms with Crippen LogP contribution in [-0.2, 0) is 0 Å². The zero-order valence-electron chi connectivity index (χ0n) is 18.7. The van der Waals surface area contributed by atoms with Crippen LogP contribution in [0.5, 0.6) is 5.75 Å². The number of rotatable bonds is 4. The van der Waals surface area contributed by atoms with Crippen molar-refractivity contribution in [2.75, 3.05) is 51.7 Å². The zero-order valence-corrected chi connectivity index (χ0v) is 18.7. The van der Waals surface area contributed by atoms with Gasteiger partial charge in [-0.1, -0.05) is 24.3 Å². The third-order valence-electron chi connectivity index (χ3n) is 7.64. The van der Waals surface area contributed by atoms with Gasteiger partial charge in [-0.15, -0.1) is 0 Å². The average Bonchev–Trinajstić information content (AvgIpc) is 3.52. The number of ether oxygens (including phenoxy) is 1. The Labute approximate surface area is 189 Å². The van der Waals surface area contributed by atoms with Gasteiger partial charge in [0.05, 0.1) is 19.7 Å². The summed E-state index contributed by atoms with van der Waals surface area (Å²) in [6.07, 6.45) is 2.22. The molecule has 32 heavy (non-hydrogen) atoms. The second-order valence-electron chi connectivity index (χ2n) is 9.40. The molecule has 2 atom stereocenters. The maximum absolute atomic E-state index is 5.32. The van der Waals surface area contributed by atoms with E-state index in [9.17, 15) is 0 Å². The number of piperidine rings is 1. The molecule has 7 heteroatoms. The Morgan fingerprint density at radius 2 is 1.88 bits per heavy atom. The molecule has 3 N–H and O–H groups in total. The van der Waals surface area contributed by atoms with E-state index in [4.69, 9.17) is 9.73 Å². The SMILES string of the molecule is COc1ccc(C2NNCC2CN2CCC3(CC2)Nc2ccccc2C2=NCCN23)cc1. The van der Waals surface area contributed by atoms with Crippen molar-refractivity contribution in [2.24, 2.45) is 10.9 Å². The minimum Gasteiger partial charge on any atom is -0.497 e. The summed E-state index contributed by atoms with van der Waals surface area (Å²) in [7, 11) is 1.72. The van der Waals surface area contributed by atoms with Crippen molar-refractivity contribution >= 4 is 11.5 Å². The van der Waals surface area contributed by atoms with Crippen LogP contribution in [0.3, 0.4) is 0 Å². The minimum atomic E-state index is 0.00173. The van der Waals surface area contributed by atoms with Gasteiger partial charge in [-0.25, -0.2) is 5.43 Å². The van der Waals surface area contributed by atoms with E-state index in [1.165, 1.54) is 22.6 Å². The van der Waals surface area contributed by atoms with E-state index in [-0.39, 0.29) is 5.66 Å². The van der Waals surface area contributed by atoms with Gasteiger partial charge in [0.15, 0.2) is 0 Å². The maximum Gasteiger partial charge on any atom is 0.134 e. The lowest BCUT2D eigenvalue weighted by Crippen LogP contribution is -2.63. The second-order valence-corrected chi connectivity index (χ2v) is 9.40. The number of nitrogens with one attached hydrogen (secondary N) is 3. The third kappa shape index (κ3) is 3.36.